The largest absolute Gasteiger partial charge is 0.493 e. The summed E-state index contributed by atoms with van der Waals surface area (Å²) < 4.78 is 12.2. The van der Waals surface area contributed by atoms with Gasteiger partial charge in [-0.25, -0.2) is 0 Å². The van der Waals surface area contributed by atoms with Crippen molar-refractivity contribution in [1.29, 1.82) is 0 Å². The van der Waals surface area contributed by atoms with Crippen LogP contribution in [0.2, 0.25) is 0 Å². The van der Waals surface area contributed by atoms with Crippen LogP contribution in [-0.2, 0) is 9.53 Å². The van der Waals surface area contributed by atoms with E-state index in [1.165, 1.54) is 0 Å². The quantitative estimate of drug-likeness (QED) is 0.810. The fourth-order valence-corrected chi connectivity index (χ4v) is 2.65. The van der Waals surface area contributed by atoms with E-state index in [1.807, 2.05) is 24.9 Å². The van der Waals surface area contributed by atoms with Gasteiger partial charge in [0.05, 0.1) is 32.2 Å². The zero-order valence-electron chi connectivity index (χ0n) is 11.7. The molecule has 0 aromatic carbocycles. The Morgan fingerprint density at radius 1 is 1.68 bits per heavy atom. The van der Waals surface area contributed by atoms with Gasteiger partial charge in [-0.1, -0.05) is 0 Å². The van der Waals surface area contributed by atoms with Crippen molar-refractivity contribution in [2.75, 3.05) is 20.8 Å². The van der Waals surface area contributed by atoms with Crippen LogP contribution < -0.4 is 10.1 Å². The minimum atomic E-state index is -0.583. The summed E-state index contributed by atoms with van der Waals surface area (Å²) in [5, 5.41) is 7.42. The van der Waals surface area contributed by atoms with Gasteiger partial charge in [-0.2, -0.15) is 5.10 Å². The summed E-state index contributed by atoms with van der Waals surface area (Å²) in [7, 11) is 3.43. The van der Waals surface area contributed by atoms with Crippen molar-refractivity contribution in [2.24, 2.45) is 0 Å². The zero-order chi connectivity index (χ0) is 13.9. The van der Waals surface area contributed by atoms with Crippen molar-refractivity contribution in [3.8, 4) is 5.75 Å². The van der Waals surface area contributed by atoms with Crippen LogP contribution >= 0.6 is 0 Å². The molecule has 1 fully saturated rings. The van der Waals surface area contributed by atoms with Gasteiger partial charge in [-0.3, -0.25) is 9.48 Å². The van der Waals surface area contributed by atoms with Crippen molar-refractivity contribution in [2.45, 2.75) is 37.8 Å². The van der Waals surface area contributed by atoms with E-state index in [4.69, 9.17) is 9.47 Å². The third-order valence-corrected chi connectivity index (χ3v) is 3.82. The molecule has 6 heteroatoms. The molecule has 1 aliphatic rings. The summed E-state index contributed by atoms with van der Waals surface area (Å²) in [5.74, 6) is 0.567. The predicted octanol–water partition coefficient (Wildman–Crippen LogP) is 1.14. The van der Waals surface area contributed by atoms with Gasteiger partial charge in [0.1, 0.15) is 5.54 Å². The van der Waals surface area contributed by atoms with Gasteiger partial charge in [0, 0.05) is 0 Å². The Labute approximate surface area is 113 Å². The molecule has 1 aliphatic carbocycles. The standard InChI is InChI=1S/C13H21N3O3/c1-4-19-12(17)13(14-2)6-5-10(7-13)16-9-11(18-3)8-15-16/h8-10,14H,4-7H2,1-3H3. The van der Waals surface area contributed by atoms with Crippen LogP contribution in [-0.4, -0.2) is 42.1 Å². The van der Waals surface area contributed by atoms with E-state index < -0.39 is 5.54 Å². The highest BCUT2D eigenvalue weighted by Crippen LogP contribution is 2.38. The highest BCUT2D eigenvalue weighted by molar-refractivity contribution is 5.81. The van der Waals surface area contributed by atoms with Crippen LogP contribution in [0.3, 0.4) is 0 Å². The molecular weight excluding hydrogens is 246 g/mol. The van der Waals surface area contributed by atoms with Crippen molar-refractivity contribution in [3.63, 3.8) is 0 Å². The molecule has 0 spiro atoms. The van der Waals surface area contributed by atoms with Crippen molar-refractivity contribution in [1.82, 2.24) is 15.1 Å². The van der Waals surface area contributed by atoms with Crippen LogP contribution in [0.15, 0.2) is 12.4 Å². The van der Waals surface area contributed by atoms with Gasteiger partial charge in [-0.15, -0.1) is 0 Å². The summed E-state index contributed by atoms with van der Waals surface area (Å²) >= 11 is 0. The molecule has 1 N–H and O–H groups in total. The van der Waals surface area contributed by atoms with E-state index in [0.717, 1.165) is 18.6 Å². The Morgan fingerprint density at radius 2 is 2.47 bits per heavy atom. The molecule has 1 aromatic heterocycles. The first-order chi connectivity index (χ1) is 9.15. The van der Waals surface area contributed by atoms with E-state index in [-0.39, 0.29) is 12.0 Å². The second kappa shape index (κ2) is 5.61. The molecule has 2 atom stereocenters. The maximum Gasteiger partial charge on any atom is 0.326 e. The fourth-order valence-electron chi connectivity index (χ4n) is 2.65. The Hall–Kier alpha value is -1.56. The number of methoxy groups -OCH3 is 1. The average Bonchev–Trinajstić information content (AvgIpc) is 3.06. The van der Waals surface area contributed by atoms with Crippen molar-refractivity contribution < 1.29 is 14.3 Å². The average molecular weight is 267 g/mol. The number of carbonyl (C=O) groups excluding carboxylic acids is 1. The predicted molar refractivity (Wildman–Crippen MR) is 70.1 cm³/mol. The minimum absolute atomic E-state index is 0.167. The molecule has 2 rings (SSSR count). The molecule has 106 valence electrons. The molecule has 1 saturated carbocycles. The fraction of sp³-hybridized carbons (Fsp3) is 0.692. The number of ether oxygens (including phenoxy) is 2. The van der Waals surface area contributed by atoms with Gasteiger partial charge >= 0.3 is 5.97 Å². The topological polar surface area (TPSA) is 65.4 Å². The second-order valence-electron chi connectivity index (χ2n) is 4.81. The molecule has 6 nitrogen and oxygen atoms in total. The van der Waals surface area contributed by atoms with E-state index in [1.54, 1.807) is 13.3 Å². The van der Waals surface area contributed by atoms with Crippen LogP contribution in [0.25, 0.3) is 0 Å². The summed E-state index contributed by atoms with van der Waals surface area (Å²) in [5.41, 5.74) is -0.583. The molecule has 2 unspecified atom stereocenters. The van der Waals surface area contributed by atoms with E-state index >= 15 is 0 Å². The smallest absolute Gasteiger partial charge is 0.326 e. The monoisotopic (exact) mass is 267 g/mol. The van der Waals surface area contributed by atoms with E-state index in [0.29, 0.717) is 13.0 Å². The minimum Gasteiger partial charge on any atom is -0.493 e. The number of hydrogen-bond acceptors (Lipinski definition) is 5. The Balaban J connectivity index is 2.10. The van der Waals surface area contributed by atoms with Gasteiger partial charge in [-0.05, 0) is 33.2 Å². The molecule has 0 bridgehead atoms. The lowest BCUT2D eigenvalue weighted by molar-refractivity contribution is -0.150. The highest BCUT2D eigenvalue weighted by atomic mass is 16.5. The van der Waals surface area contributed by atoms with Gasteiger partial charge in [0.25, 0.3) is 0 Å². The summed E-state index contributed by atoms with van der Waals surface area (Å²) in [6.45, 7) is 2.23. The third-order valence-electron chi connectivity index (χ3n) is 3.82. The SMILES string of the molecule is CCOC(=O)C1(NC)CCC(n2cc(OC)cn2)C1. The molecule has 1 aromatic rings. The number of likely N-dealkylation sites (N-methyl/N-ethyl adjacent to an activating group) is 1. The van der Waals surface area contributed by atoms with Gasteiger partial charge in [0.2, 0.25) is 0 Å². The third kappa shape index (κ3) is 2.58. The number of carbonyl (C=O) groups is 1. The number of nitrogens with zero attached hydrogens (tertiary/aromatic N) is 2. The molecular formula is C13H21N3O3. The maximum atomic E-state index is 12.1. The summed E-state index contributed by atoms with van der Waals surface area (Å²) in [4.78, 5) is 12.1. The molecule has 0 aliphatic heterocycles. The summed E-state index contributed by atoms with van der Waals surface area (Å²) in [6.07, 6.45) is 5.89. The van der Waals surface area contributed by atoms with E-state index in [2.05, 4.69) is 10.4 Å². The Bertz CT molecular complexity index is 446. The lowest BCUT2D eigenvalue weighted by Gasteiger charge is -2.26. The summed E-state index contributed by atoms with van der Waals surface area (Å²) in [6, 6.07) is 0.195. The number of hydrogen-bond donors (Lipinski definition) is 1. The van der Waals surface area contributed by atoms with Gasteiger partial charge < -0.3 is 14.8 Å². The molecule has 19 heavy (non-hydrogen) atoms. The van der Waals surface area contributed by atoms with Gasteiger partial charge in [0.15, 0.2) is 5.75 Å². The Morgan fingerprint density at radius 3 is 3.05 bits per heavy atom. The molecule has 0 saturated heterocycles. The highest BCUT2D eigenvalue weighted by Gasteiger charge is 2.46. The van der Waals surface area contributed by atoms with Crippen LogP contribution in [0.1, 0.15) is 32.2 Å². The number of rotatable bonds is 5. The molecule has 1 heterocycles. The Kier molecular flexibility index (Phi) is 4.09. The van der Waals surface area contributed by atoms with Crippen molar-refractivity contribution in [3.05, 3.63) is 12.4 Å². The van der Waals surface area contributed by atoms with Crippen LogP contribution in [0.4, 0.5) is 0 Å². The normalized spacial score (nSPS) is 26.4. The molecule has 0 amide bonds. The zero-order valence-corrected chi connectivity index (χ0v) is 11.7. The first-order valence-corrected chi connectivity index (χ1v) is 6.59. The first kappa shape index (κ1) is 13.9. The van der Waals surface area contributed by atoms with E-state index in [9.17, 15) is 4.79 Å². The second-order valence-corrected chi connectivity index (χ2v) is 4.81. The molecule has 0 radical (unpaired) electrons. The van der Waals surface area contributed by atoms with Crippen molar-refractivity contribution >= 4 is 5.97 Å². The maximum absolute atomic E-state index is 12.1. The number of aromatic nitrogens is 2. The lowest BCUT2D eigenvalue weighted by atomic mass is 9.98. The van der Waals surface area contributed by atoms with Crippen LogP contribution in [0, 0.1) is 0 Å². The number of esters is 1. The first-order valence-electron chi connectivity index (χ1n) is 6.59. The van der Waals surface area contributed by atoms with Crippen LogP contribution in [0.5, 0.6) is 5.75 Å². The lowest BCUT2D eigenvalue weighted by Crippen LogP contribution is -2.49. The number of nitrogens with one attached hydrogen (secondary N) is 1.